The van der Waals surface area contributed by atoms with Gasteiger partial charge in [-0.1, -0.05) is 0 Å². The van der Waals surface area contributed by atoms with E-state index in [0.29, 0.717) is 0 Å². The van der Waals surface area contributed by atoms with E-state index in [1.54, 1.807) is 0 Å². The third-order valence-corrected chi connectivity index (χ3v) is 3.42. The Labute approximate surface area is 114 Å². The average molecular weight is 285 g/mol. The molecule has 0 saturated carbocycles. The summed E-state index contributed by atoms with van der Waals surface area (Å²) >= 11 is 0. The third-order valence-electron chi connectivity index (χ3n) is 2.57. The van der Waals surface area contributed by atoms with E-state index in [1.807, 2.05) is 12.4 Å². The van der Waals surface area contributed by atoms with Crippen molar-refractivity contribution in [3.63, 3.8) is 0 Å². The molecule has 0 aromatic carbocycles. The van der Waals surface area contributed by atoms with Gasteiger partial charge >= 0.3 is 0 Å². The molecule has 1 atom stereocenters. The van der Waals surface area contributed by atoms with Gasteiger partial charge in [0.05, 0.1) is 27.2 Å². The number of aromatic nitrogens is 1. The lowest BCUT2D eigenvalue weighted by Gasteiger charge is -2.27. The zero-order valence-electron chi connectivity index (χ0n) is 11.7. The largest absolute Gasteiger partial charge is 0.767 e. The molecule has 19 heavy (non-hydrogen) atoms. The first-order valence-corrected chi connectivity index (χ1v) is 7.44. The van der Waals surface area contributed by atoms with Crippen molar-refractivity contribution in [1.82, 2.24) is 9.47 Å². The van der Waals surface area contributed by atoms with Crippen LogP contribution in [0.1, 0.15) is 13.8 Å². The molecule has 0 aliphatic heterocycles. The Balaban J connectivity index is 0.000000362. The standard InChI is InChI=1S/C9H15N2.C3H6NO3P/c1-4-11(2,3)9-5-7-10-8-6-9;1-2-7-8(5,6)3-4/h5-8H,4H2,1-3H3;2H2,1H3,(H,5,6)/q+1;/p-1. The van der Waals surface area contributed by atoms with Gasteiger partial charge in [-0.05, 0) is 13.8 Å². The van der Waals surface area contributed by atoms with Crippen LogP contribution in [0.15, 0.2) is 24.5 Å². The van der Waals surface area contributed by atoms with Crippen LogP contribution in [0, 0.1) is 11.1 Å². The minimum atomic E-state index is -4.12. The third kappa shape index (κ3) is 7.04. The summed E-state index contributed by atoms with van der Waals surface area (Å²) in [6.45, 7) is 4.81. The Kier molecular flexibility index (Phi) is 7.50. The van der Waals surface area contributed by atoms with Crippen LogP contribution in [-0.2, 0) is 9.09 Å². The van der Waals surface area contributed by atoms with Gasteiger partial charge in [-0.15, -0.1) is 0 Å². The molecule has 0 N–H and O–H groups in total. The van der Waals surface area contributed by atoms with Crippen molar-refractivity contribution in [1.29, 1.82) is 5.26 Å². The van der Waals surface area contributed by atoms with Crippen LogP contribution in [0.4, 0.5) is 5.69 Å². The van der Waals surface area contributed by atoms with Crippen LogP contribution in [0.2, 0.25) is 0 Å². The second-order valence-corrected chi connectivity index (χ2v) is 5.68. The molecule has 106 valence electrons. The highest BCUT2D eigenvalue weighted by Crippen LogP contribution is 2.33. The maximum atomic E-state index is 10.0. The highest BCUT2D eigenvalue weighted by Gasteiger charge is 2.14. The lowest BCUT2D eigenvalue weighted by molar-refractivity contribution is -0.193. The Bertz CT molecular complexity index is 457. The van der Waals surface area contributed by atoms with Crippen LogP contribution in [0.3, 0.4) is 0 Å². The molecule has 0 aliphatic carbocycles. The van der Waals surface area contributed by atoms with Crippen molar-refractivity contribution in [2.24, 2.45) is 0 Å². The molecule has 0 saturated heterocycles. The predicted molar refractivity (Wildman–Crippen MR) is 73.3 cm³/mol. The second-order valence-electron chi connectivity index (χ2n) is 4.22. The summed E-state index contributed by atoms with van der Waals surface area (Å²) in [7, 11) is 0.262. The van der Waals surface area contributed by atoms with E-state index in [4.69, 9.17) is 5.26 Å². The van der Waals surface area contributed by atoms with Crippen molar-refractivity contribution in [3.8, 4) is 5.81 Å². The molecule has 1 unspecified atom stereocenters. The van der Waals surface area contributed by atoms with E-state index in [1.165, 1.54) is 12.6 Å². The Morgan fingerprint density at radius 2 is 1.95 bits per heavy atom. The number of nitrogens with zero attached hydrogens (tertiary/aromatic N) is 3. The van der Waals surface area contributed by atoms with Crippen molar-refractivity contribution in [2.45, 2.75) is 13.8 Å². The molecule has 0 radical (unpaired) electrons. The van der Waals surface area contributed by atoms with Gasteiger partial charge in [0.1, 0.15) is 11.5 Å². The van der Waals surface area contributed by atoms with Crippen molar-refractivity contribution in [2.75, 3.05) is 27.2 Å². The van der Waals surface area contributed by atoms with E-state index in [0.717, 1.165) is 16.8 Å². The molecule has 0 aliphatic rings. The van der Waals surface area contributed by atoms with Crippen LogP contribution >= 0.6 is 7.60 Å². The minimum Gasteiger partial charge on any atom is -0.767 e. The van der Waals surface area contributed by atoms with Crippen molar-refractivity contribution in [3.05, 3.63) is 24.5 Å². The number of quaternary nitrogens is 1. The van der Waals surface area contributed by atoms with Crippen LogP contribution in [0.5, 0.6) is 0 Å². The molecular formula is C12H20N3O3P. The monoisotopic (exact) mass is 285 g/mol. The molecule has 7 heteroatoms. The molecule has 1 heterocycles. The quantitative estimate of drug-likeness (QED) is 0.621. The number of rotatable bonds is 4. The maximum absolute atomic E-state index is 10.0. The summed E-state index contributed by atoms with van der Waals surface area (Å²) in [6, 6.07) is 4.12. The topological polar surface area (TPSA) is 86.0 Å². The molecule has 1 aromatic rings. The second kappa shape index (κ2) is 8.03. The van der Waals surface area contributed by atoms with Crippen LogP contribution in [-0.4, -0.2) is 32.2 Å². The van der Waals surface area contributed by atoms with Gasteiger partial charge in [-0.25, -0.2) is 0 Å². The van der Waals surface area contributed by atoms with Gasteiger partial charge in [-0.2, -0.15) is 5.26 Å². The Hall–Kier alpha value is -1.25. The number of hydrogen-bond acceptors (Lipinski definition) is 5. The SMILES string of the molecule is CCOP(=O)([O-])C#N.CC[N+](C)(C)c1ccncc1. The van der Waals surface area contributed by atoms with Crippen molar-refractivity contribution >= 4 is 13.3 Å². The summed E-state index contributed by atoms with van der Waals surface area (Å²) in [5, 5.41) is 7.77. The van der Waals surface area contributed by atoms with Gasteiger partial charge in [0.25, 0.3) is 0 Å². The highest BCUT2D eigenvalue weighted by molar-refractivity contribution is 7.56. The van der Waals surface area contributed by atoms with Gasteiger partial charge in [0.2, 0.25) is 7.60 Å². The highest BCUT2D eigenvalue weighted by atomic mass is 31.2. The molecule has 0 bridgehead atoms. The molecule has 1 aromatic heterocycles. The zero-order valence-corrected chi connectivity index (χ0v) is 12.6. The summed E-state index contributed by atoms with van der Waals surface area (Å²) in [5.41, 5.74) is 1.31. The normalized spacial score (nSPS) is 13.7. The van der Waals surface area contributed by atoms with E-state index in [-0.39, 0.29) is 6.61 Å². The lowest BCUT2D eigenvalue weighted by Crippen LogP contribution is -2.39. The Morgan fingerprint density at radius 3 is 2.26 bits per heavy atom. The van der Waals surface area contributed by atoms with E-state index in [2.05, 4.69) is 42.7 Å². The summed E-state index contributed by atoms with van der Waals surface area (Å²) < 4.78 is 15.0. The number of pyridine rings is 1. The first-order valence-electron chi connectivity index (χ1n) is 5.89. The molecule has 1 rings (SSSR count). The maximum Gasteiger partial charge on any atom is 0.235 e. The fraction of sp³-hybridized carbons (Fsp3) is 0.500. The Morgan fingerprint density at radius 1 is 1.42 bits per heavy atom. The fourth-order valence-corrected chi connectivity index (χ4v) is 1.53. The smallest absolute Gasteiger partial charge is 0.235 e. The predicted octanol–water partition coefficient (Wildman–Crippen LogP) is 1.73. The summed E-state index contributed by atoms with van der Waals surface area (Å²) in [5.74, 6) is 1.02. The first kappa shape index (κ1) is 17.8. The van der Waals surface area contributed by atoms with Gasteiger partial charge in [0, 0.05) is 24.5 Å². The van der Waals surface area contributed by atoms with Crippen LogP contribution in [0.25, 0.3) is 0 Å². The fourth-order valence-electron chi connectivity index (χ4n) is 1.13. The minimum absolute atomic E-state index is 0.0222. The summed E-state index contributed by atoms with van der Waals surface area (Å²) in [4.78, 5) is 14.0. The van der Waals surface area contributed by atoms with E-state index in [9.17, 15) is 9.46 Å². The molecular weight excluding hydrogens is 265 g/mol. The summed E-state index contributed by atoms with van der Waals surface area (Å²) in [6.07, 6.45) is 3.68. The number of hydrogen-bond donors (Lipinski definition) is 0. The molecule has 0 amide bonds. The zero-order chi connectivity index (χ0) is 14.9. The van der Waals surface area contributed by atoms with Gasteiger partial charge in [0.15, 0.2) is 0 Å². The van der Waals surface area contributed by atoms with Gasteiger partial charge in [-0.3, -0.25) is 14.0 Å². The number of nitriles is 1. The average Bonchev–Trinajstić information content (AvgIpc) is 2.40. The van der Waals surface area contributed by atoms with Crippen LogP contribution < -0.4 is 9.38 Å². The van der Waals surface area contributed by atoms with E-state index < -0.39 is 7.60 Å². The first-order chi connectivity index (χ1) is 8.79. The molecule has 0 fully saturated rings. The van der Waals surface area contributed by atoms with Crippen molar-refractivity contribution < 1.29 is 14.0 Å². The molecule has 6 nitrogen and oxygen atoms in total. The lowest BCUT2D eigenvalue weighted by atomic mass is 10.3. The molecule has 0 spiro atoms. The van der Waals surface area contributed by atoms with E-state index >= 15 is 0 Å². The van der Waals surface area contributed by atoms with Gasteiger partial charge < -0.3 is 9.42 Å².